The van der Waals surface area contributed by atoms with E-state index in [1.54, 1.807) is 45.0 Å². The molecule has 2 amide bonds. The number of alkyl carbamates (subject to hydrolysis) is 1. The van der Waals surface area contributed by atoms with Gasteiger partial charge in [0.2, 0.25) is 5.91 Å². The molecule has 0 spiro atoms. The van der Waals surface area contributed by atoms with E-state index in [9.17, 15) is 19.5 Å². The van der Waals surface area contributed by atoms with E-state index in [0.717, 1.165) is 5.56 Å². The molecular formula is C24H38N2O6. The van der Waals surface area contributed by atoms with Crippen molar-refractivity contribution in [3.05, 3.63) is 29.8 Å². The summed E-state index contributed by atoms with van der Waals surface area (Å²) in [5, 5.41) is 14.6. The lowest BCUT2D eigenvalue weighted by Crippen LogP contribution is -2.53. The van der Waals surface area contributed by atoms with Gasteiger partial charge in [0.25, 0.3) is 0 Å². The number of amides is 2. The predicted octanol–water partition coefficient (Wildman–Crippen LogP) is 3.92. The first-order valence-electron chi connectivity index (χ1n) is 10.9. The van der Waals surface area contributed by atoms with E-state index in [-0.39, 0.29) is 24.4 Å². The van der Waals surface area contributed by atoms with Crippen molar-refractivity contribution >= 4 is 18.0 Å². The topological polar surface area (TPSA) is 114 Å². The summed E-state index contributed by atoms with van der Waals surface area (Å²) in [5.74, 6) is -0.945. The van der Waals surface area contributed by atoms with Crippen molar-refractivity contribution in [1.82, 2.24) is 10.6 Å². The number of hydrogen-bond donors (Lipinski definition) is 3. The average Bonchev–Trinajstić information content (AvgIpc) is 2.58. The lowest BCUT2D eigenvalue weighted by molar-refractivity contribution is -0.142. The van der Waals surface area contributed by atoms with Gasteiger partial charge in [-0.3, -0.25) is 4.79 Å². The molecule has 3 N–H and O–H groups in total. The number of carboxylic acids is 1. The normalized spacial score (nSPS) is 13.8. The zero-order valence-corrected chi connectivity index (χ0v) is 20.4. The Balaban J connectivity index is 3.02. The molecule has 2 atom stereocenters. The lowest BCUT2D eigenvalue weighted by atomic mass is 10.0. The van der Waals surface area contributed by atoms with Gasteiger partial charge in [0.1, 0.15) is 29.0 Å². The standard InChI is InChI=1S/C24H38N2O6/c1-15(2)13-19(21(28)29)25-20(27)18(26-22(30)32-24(6,7)8)14-16-9-11-17(12-10-16)31-23(3,4)5/h9-12,15,18-19H,13-14H2,1-8H3,(H,25,27)(H,26,30)(H,28,29). The number of nitrogens with one attached hydrogen (secondary N) is 2. The lowest BCUT2D eigenvalue weighted by Gasteiger charge is -2.25. The second kappa shape index (κ2) is 11.2. The van der Waals surface area contributed by atoms with Crippen molar-refractivity contribution in [2.75, 3.05) is 0 Å². The van der Waals surface area contributed by atoms with Crippen LogP contribution in [0.2, 0.25) is 0 Å². The number of carboxylic acid groups (broad SMARTS) is 1. The first kappa shape index (κ1) is 27.3. The summed E-state index contributed by atoms with van der Waals surface area (Å²) in [6.45, 7) is 14.8. The fraction of sp³-hybridized carbons (Fsp3) is 0.625. The molecule has 0 aliphatic rings. The summed E-state index contributed by atoms with van der Waals surface area (Å²) in [4.78, 5) is 36.8. The van der Waals surface area contributed by atoms with Crippen molar-refractivity contribution in [2.45, 2.75) is 91.5 Å². The van der Waals surface area contributed by atoms with E-state index >= 15 is 0 Å². The third-order valence-corrected chi connectivity index (χ3v) is 4.12. The van der Waals surface area contributed by atoms with Gasteiger partial charge in [0.05, 0.1) is 0 Å². The second-order valence-electron chi connectivity index (χ2n) is 10.3. The molecule has 32 heavy (non-hydrogen) atoms. The van der Waals surface area contributed by atoms with Gasteiger partial charge >= 0.3 is 12.1 Å². The number of rotatable bonds is 9. The second-order valence-corrected chi connectivity index (χ2v) is 10.3. The first-order valence-corrected chi connectivity index (χ1v) is 10.9. The Labute approximate surface area is 191 Å². The molecule has 0 aromatic heterocycles. The van der Waals surface area contributed by atoms with Gasteiger partial charge in [-0.05, 0) is 71.6 Å². The largest absolute Gasteiger partial charge is 0.488 e. The summed E-state index contributed by atoms with van der Waals surface area (Å²) < 4.78 is 11.1. The smallest absolute Gasteiger partial charge is 0.408 e. The SMILES string of the molecule is CC(C)CC(NC(=O)C(Cc1ccc(OC(C)(C)C)cc1)NC(=O)OC(C)(C)C)C(=O)O. The molecule has 1 aromatic rings. The Hall–Kier alpha value is -2.77. The van der Waals surface area contributed by atoms with E-state index in [2.05, 4.69) is 10.6 Å². The fourth-order valence-electron chi connectivity index (χ4n) is 2.91. The molecule has 1 rings (SSSR count). The number of ether oxygens (including phenoxy) is 2. The van der Waals surface area contributed by atoms with Gasteiger partial charge in [-0.2, -0.15) is 0 Å². The highest BCUT2D eigenvalue weighted by Crippen LogP contribution is 2.19. The van der Waals surface area contributed by atoms with Crippen LogP contribution in [0.5, 0.6) is 5.75 Å². The minimum Gasteiger partial charge on any atom is -0.488 e. The molecular weight excluding hydrogens is 412 g/mol. The van der Waals surface area contributed by atoms with Crippen LogP contribution in [0.15, 0.2) is 24.3 Å². The summed E-state index contributed by atoms with van der Waals surface area (Å²) in [6, 6.07) is 5.15. The van der Waals surface area contributed by atoms with Gasteiger partial charge < -0.3 is 25.2 Å². The van der Waals surface area contributed by atoms with Crippen LogP contribution >= 0.6 is 0 Å². The zero-order valence-electron chi connectivity index (χ0n) is 20.4. The van der Waals surface area contributed by atoms with Crippen LogP contribution in [0, 0.1) is 5.92 Å². The molecule has 8 heteroatoms. The minimum absolute atomic E-state index is 0.0732. The molecule has 0 aliphatic carbocycles. The van der Waals surface area contributed by atoms with Crippen molar-refractivity contribution < 1.29 is 29.0 Å². The maximum absolute atomic E-state index is 12.9. The Morgan fingerprint density at radius 3 is 1.91 bits per heavy atom. The minimum atomic E-state index is -1.12. The van der Waals surface area contributed by atoms with E-state index in [1.807, 2.05) is 34.6 Å². The molecule has 2 unspecified atom stereocenters. The van der Waals surface area contributed by atoms with Gasteiger partial charge in [0, 0.05) is 6.42 Å². The maximum atomic E-state index is 12.9. The Morgan fingerprint density at radius 1 is 0.906 bits per heavy atom. The number of hydrogen-bond acceptors (Lipinski definition) is 5. The molecule has 0 radical (unpaired) electrons. The molecule has 1 aromatic carbocycles. The molecule has 0 fully saturated rings. The van der Waals surface area contributed by atoms with Crippen LogP contribution in [0.1, 0.15) is 67.4 Å². The van der Waals surface area contributed by atoms with Crippen molar-refractivity contribution in [3.8, 4) is 5.75 Å². The Bertz CT molecular complexity index is 775. The Kier molecular flexibility index (Phi) is 9.54. The molecule has 180 valence electrons. The highest BCUT2D eigenvalue weighted by molar-refractivity contribution is 5.89. The Morgan fingerprint density at radius 2 is 1.47 bits per heavy atom. The van der Waals surface area contributed by atoms with E-state index in [1.165, 1.54) is 0 Å². The number of aliphatic carboxylic acids is 1. The number of carbonyl (C=O) groups is 3. The third kappa shape index (κ3) is 11.0. The summed E-state index contributed by atoms with van der Waals surface area (Å²) in [6.07, 6.45) is -0.311. The number of benzene rings is 1. The monoisotopic (exact) mass is 450 g/mol. The predicted molar refractivity (Wildman–Crippen MR) is 123 cm³/mol. The van der Waals surface area contributed by atoms with Crippen LogP contribution in [0.25, 0.3) is 0 Å². The number of carbonyl (C=O) groups excluding carboxylic acids is 2. The molecule has 0 bridgehead atoms. The molecule has 0 saturated carbocycles. The molecule has 0 heterocycles. The highest BCUT2D eigenvalue weighted by atomic mass is 16.6. The van der Waals surface area contributed by atoms with Crippen LogP contribution in [0.3, 0.4) is 0 Å². The van der Waals surface area contributed by atoms with E-state index < -0.39 is 35.7 Å². The van der Waals surface area contributed by atoms with E-state index in [0.29, 0.717) is 5.75 Å². The van der Waals surface area contributed by atoms with Crippen molar-refractivity contribution in [3.63, 3.8) is 0 Å². The average molecular weight is 451 g/mol. The van der Waals surface area contributed by atoms with Crippen LogP contribution in [-0.2, 0) is 20.7 Å². The summed E-state index contributed by atoms with van der Waals surface area (Å²) in [5.41, 5.74) is -0.304. The maximum Gasteiger partial charge on any atom is 0.408 e. The quantitative estimate of drug-likeness (QED) is 0.525. The van der Waals surface area contributed by atoms with Gasteiger partial charge in [-0.15, -0.1) is 0 Å². The highest BCUT2D eigenvalue weighted by Gasteiger charge is 2.29. The zero-order chi connectivity index (χ0) is 24.7. The van der Waals surface area contributed by atoms with Crippen LogP contribution < -0.4 is 15.4 Å². The van der Waals surface area contributed by atoms with E-state index in [4.69, 9.17) is 9.47 Å². The van der Waals surface area contributed by atoms with Gasteiger partial charge in [-0.1, -0.05) is 26.0 Å². The molecule has 8 nitrogen and oxygen atoms in total. The summed E-state index contributed by atoms with van der Waals surface area (Å²) >= 11 is 0. The van der Waals surface area contributed by atoms with Crippen LogP contribution in [0.4, 0.5) is 4.79 Å². The first-order chi connectivity index (χ1) is 14.6. The summed E-state index contributed by atoms with van der Waals surface area (Å²) in [7, 11) is 0. The fourth-order valence-corrected chi connectivity index (χ4v) is 2.91. The van der Waals surface area contributed by atoms with Gasteiger partial charge in [-0.25, -0.2) is 9.59 Å². The van der Waals surface area contributed by atoms with Crippen molar-refractivity contribution in [1.29, 1.82) is 0 Å². The van der Waals surface area contributed by atoms with Gasteiger partial charge in [0.15, 0.2) is 0 Å². The molecule has 0 saturated heterocycles. The van der Waals surface area contributed by atoms with Crippen molar-refractivity contribution in [2.24, 2.45) is 5.92 Å². The third-order valence-electron chi connectivity index (χ3n) is 4.12. The molecule has 0 aliphatic heterocycles. The van der Waals surface area contributed by atoms with Crippen LogP contribution in [-0.4, -0.2) is 46.4 Å².